The number of carbonyl (C=O) groups is 1. The summed E-state index contributed by atoms with van der Waals surface area (Å²) in [5.74, 6) is 0.910. The molecule has 6 nitrogen and oxygen atoms in total. The summed E-state index contributed by atoms with van der Waals surface area (Å²) < 4.78 is 10.6. The van der Waals surface area contributed by atoms with Gasteiger partial charge in [0.25, 0.3) is 5.91 Å². The van der Waals surface area contributed by atoms with Gasteiger partial charge in [-0.15, -0.1) is 0 Å². The molecule has 6 heteroatoms. The molecule has 0 fully saturated rings. The molecular weight excluding hydrogens is 366 g/mol. The number of amides is 1. The molecule has 0 saturated carbocycles. The van der Waals surface area contributed by atoms with Gasteiger partial charge in [-0.3, -0.25) is 9.78 Å². The number of nitrogens with zero attached hydrogens (tertiary/aromatic N) is 2. The van der Waals surface area contributed by atoms with Crippen LogP contribution in [0.1, 0.15) is 10.4 Å². The summed E-state index contributed by atoms with van der Waals surface area (Å²) in [6, 6.07) is 18.4. The first-order valence-corrected chi connectivity index (χ1v) is 9.03. The normalized spacial score (nSPS) is 10.6. The number of methoxy groups -OCH3 is 2. The maximum Gasteiger partial charge on any atom is 0.256 e. The van der Waals surface area contributed by atoms with E-state index in [-0.39, 0.29) is 5.91 Å². The van der Waals surface area contributed by atoms with E-state index in [4.69, 9.17) is 14.5 Å². The minimum atomic E-state index is -0.230. The molecule has 2 aromatic heterocycles. The lowest BCUT2D eigenvalue weighted by atomic mass is 10.0. The molecule has 0 bridgehead atoms. The Morgan fingerprint density at radius 1 is 0.897 bits per heavy atom. The van der Waals surface area contributed by atoms with Gasteiger partial charge in [-0.2, -0.15) is 0 Å². The van der Waals surface area contributed by atoms with Crippen LogP contribution in [0.15, 0.2) is 73.1 Å². The fourth-order valence-electron chi connectivity index (χ4n) is 3.15. The van der Waals surface area contributed by atoms with Gasteiger partial charge < -0.3 is 14.8 Å². The summed E-state index contributed by atoms with van der Waals surface area (Å²) in [6.07, 6.45) is 3.41. The van der Waals surface area contributed by atoms with E-state index in [1.54, 1.807) is 50.9 Å². The molecule has 2 aromatic carbocycles. The van der Waals surface area contributed by atoms with Crippen LogP contribution in [0.4, 0.5) is 5.69 Å². The van der Waals surface area contributed by atoms with Crippen molar-refractivity contribution in [3.05, 3.63) is 78.6 Å². The van der Waals surface area contributed by atoms with Crippen LogP contribution < -0.4 is 14.8 Å². The van der Waals surface area contributed by atoms with E-state index in [9.17, 15) is 4.79 Å². The van der Waals surface area contributed by atoms with Gasteiger partial charge in [-0.05, 0) is 36.4 Å². The summed E-state index contributed by atoms with van der Waals surface area (Å²) in [5.41, 5.74) is 3.50. The van der Waals surface area contributed by atoms with E-state index in [1.165, 1.54) is 0 Å². The Balaban J connectivity index is 1.75. The zero-order chi connectivity index (χ0) is 20.2. The molecule has 0 atom stereocenters. The van der Waals surface area contributed by atoms with Crippen LogP contribution in [0.5, 0.6) is 11.5 Å². The van der Waals surface area contributed by atoms with Gasteiger partial charge in [-0.25, -0.2) is 4.98 Å². The quantitative estimate of drug-likeness (QED) is 0.545. The van der Waals surface area contributed by atoms with E-state index in [0.717, 1.165) is 16.5 Å². The zero-order valence-corrected chi connectivity index (χ0v) is 16.0. The molecule has 0 aliphatic rings. The molecule has 1 N–H and O–H groups in total. The van der Waals surface area contributed by atoms with Gasteiger partial charge in [0.15, 0.2) is 11.5 Å². The Hall–Kier alpha value is -3.93. The van der Waals surface area contributed by atoms with Crippen molar-refractivity contribution in [1.82, 2.24) is 9.97 Å². The van der Waals surface area contributed by atoms with E-state index in [0.29, 0.717) is 28.4 Å². The smallest absolute Gasteiger partial charge is 0.256 e. The molecule has 4 aromatic rings. The van der Waals surface area contributed by atoms with Gasteiger partial charge in [0, 0.05) is 35.1 Å². The Kier molecular flexibility index (Phi) is 5.07. The van der Waals surface area contributed by atoms with Gasteiger partial charge in [0.05, 0.1) is 31.0 Å². The number of benzene rings is 2. The van der Waals surface area contributed by atoms with Crippen molar-refractivity contribution >= 4 is 22.5 Å². The van der Waals surface area contributed by atoms with Crippen molar-refractivity contribution < 1.29 is 14.3 Å². The number of anilines is 1. The number of fused-ring (bicyclic) bond motifs is 1. The van der Waals surface area contributed by atoms with Crippen LogP contribution in [0.2, 0.25) is 0 Å². The van der Waals surface area contributed by atoms with Crippen molar-refractivity contribution in [1.29, 1.82) is 0 Å². The second-order valence-corrected chi connectivity index (χ2v) is 6.33. The Morgan fingerprint density at radius 3 is 2.41 bits per heavy atom. The number of pyridine rings is 2. The first-order chi connectivity index (χ1) is 14.2. The first kappa shape index (κ1) is 18.4. The minimum Gasteiger partial charge on any atom is -0.493 e. The predicted molar refractivity (Wildman–Crippen MR) is 112 cm³/mol. The number of nitrogens with one attached hydrogen (secondary N) is 1. The Labute approximate surface area is 168 Å². The van der Waals surface area contributed by atoms with Crippen LogP contribution in [-0.2, 0) is 0 Å². The molecule has 0 radical (unpaired) electrons. The van der Waals surface area contributed by atoms with Crippen LogP contribution >= 0.6 is 0 Å². The maximum absolute atomic E-state index is 13.1. The third kappa shape index (κ3) is 3.73. The van der Waals surface area contributed by atoms with Gasteiger partial charge >= 0.3 is 0 Å². The lowest BCUT2D eigenvalue weighted by Gasteiger charge is -2.12. The number of hydrogen-bond acceptors (Lipinski definition) is 5. The first-order valence-electron chi connectivity index (χ1n) is 9.03. The van der Waals surface area contributed by atoms with E-state index in [2.05, 4.69) is 10.3 Å². The van der Waals surface area contributed by atoms with Crippen LogP contribution in [0, 0.1) is 0 Å². The number of rotatable bonds is 5. The standard InChI is InChI=1S/C23H19N3O3/c1-28-21-8-7-16(13-22(21)29-2)25-23(27)18-14-20(15-9-11-24-12-10-15)26-19-6-4-3-5-17(18)19/h3-14H,1-2H3,(H,25,27). The molecule has 0 aliphatic carbocycles. The SMILES string of the molecule is COc1ccc(NC(=O)c2cc(-c3ccncc3)nc3ccccc23)cc1OC. The predicted octanol–water partition coefficient (Wildman–Crippen LogP) is 4.57. The number of ether oxygens (including phenoxy) is 2. The van der Waals surface area contributed by atoms with Gasteiger partial charge in [-0.1, -0.05) is 18.2 Å². The van der Waals surface area contributed by atoms with Crippen molar-refractivity contribution in [3.8, 4) is 22.8 Å². The summed E-state index contributed by atoms with van der Waals surface area (Å²) in [5, 5.41) is 3.72. The van der Waals surface area contributed by atoms with Crippen LogP contribution in [0.3, 0.4) is 0 Å². The highest BCUT2D eigenvalue weighted by Gasteiger charge is 2.15. The number of aromatic nitrogens is 2. The number of para-hydroxylation sites is 1. The van der Waals surface area contributed by atoms with Crippen molar-refractivity contribution in [2.45, 2.75) is 0 Å². The highest BCUT2D eigenvalue weighted by atomic mass is 16.5. The highest BCUT2D eigenvalue weighted by Crippen LogP contribution is 2.31. The van der Waals surface area contributed by atoms with Crippen molar-refractivity contribution in [2.75, 3.05) is 19.5 Å². The summed E-state index contributed by atoms with van der Waals surface area (Å²) >= 11 is 0. The topological polar surface area (TPSA) is 73.3 Å². The fourth-order valence-corrected chi connectivity index (χ4v) is 3.15. The van der Waals surface area contributed by atoms with Crippen LogP contribution in [0.25, 0.3) is 22.2 Å². The van der Waals surface area contributed by atoms with Crippen molar-refractivity contribution in [2.24, 2.45) is 0 Å². The molecule has 2 heterocycles. The minimum absolute atomic E-state index is 0.230. The Morgan fingerprint density at radius 2 is 1.66 bits per heavy atom. The number of carbonyl (C=O) groups excluding carboxylic acids is 1. The van der Waals surface area contributed by atoms with Crippen LogP contribution in [-0.4, -0.2) is 30.1 Å². The molecule has 1 amide bonds. The fraction of sp³-hybridized carbons (Fsp3) is 0.0870. The van der Waals surface area contributed by atoms with Gasteiger partial charge in [0.2, 0.25) is 0 Å². The largest absolute Gasteiger partial charge is 0.493 e. The summed E-state index contributed by atoms with van der Waals surface area (Å²) in [7, 11) is 3.13. The second kappa shape index (κ2) is 7.98. The third-order valence-corrected chi connectivity index (χ3v) is 4.58. The highest BCUT2D eigenvalue weighted by molar-refractivity contribution is 6.13. The van der Waals surface area contributed by atoms with E-state index >= 15 is 0 Å². The average molecular weight is 385 g/mol. The van der Waals surface area contributed by atoms with E-state index < -0.39 is 0 Å². The third-order valence-electron chi connectivity index (χ3n) is 4.58. The molecule has 0 unspecified atom stereocenters. The zero-order valence-electron chi connectivity index (χ0n) is 16.0. The average Bonchev–Trinajstić information content (AvgIpc) is 2.78. The second-order valence-electron chi connectivity index (χ2n) is 6.33. The number of hydrogen-bond donors (Lipinski definition) is 1. The lowest BCUT2D eigenvalue weighted by molar-refractivity contribution is 0.102. The maximum atomic E-state index is 13.1. The molecule has 4 rings (SSSR count). The van der Waals surface area contributed by atoms with Crippen molar-refractivity contribution in [3.63, 3.8) is 0 Å². The molecular formula is C23H19N3O3. The molecule has 144 valence electrons. The summed E-state index contributed by atoms with van der Waals surface area (Å²) in [4.78, 5) is 21.9. The molecule has 0 aliphatic heterocycles. The summed E-state index contributed by atoms with van der Waals surface area (Å²) in [6.45, 7) is 0. The monoisotopic (exact) mass is 385 g/mol. The molecule has 0 spiro atoms. The Bertz CT molecular complexity index is 1180. The lowest BCUT2D eigenvalue weighted by Crippen LogP contribution is -2.13. The van der Waals surface area contributed by atoms with Gasteiger partial charge in [0.1, 0.15) is 0 Å². The van der Waals surface area contributed by atoms with E-state index in [1.807, 2.05) is 36.4 Å². The molecule has 0 saturated heterocycles. The molecule has 29 heavy (non-hydrogen) atoms.